The zero-order chi connectivity index (χ0) is 9.40. The Morgan fingerprint density at radius 1 is 1.42 bits per heavy atom. The number of carboxylic acids is 1. The lowest BCUT2D eigenvalue weighted by molar-refractivity contribution is -0.137. The lowest BCUT2D eigenvalue weighted by atomic mass is 10.3. The van der Waals surface area contributed by atoms with Crippen molar-refractivity contribution in [3.63, 3.8) is 0 Å². The van der Waals surface area contributed by atoms with Crippen LogP contribution >= 0.6 is 0 Å². The van der Waals surface area contributed by atoms with E-state index in [1.807, 2.05) is 0 Å². The number of rotatable bonds is 6. The molecular formula is C7H14N2O3. The highest BCUT2D eigenvalue weighted by molar-refractivity contribution is 5.77. The van der Waals surface area contributed by atoms with E-state index >= 15 is 0 Å². The summed E-state index contributed by atoms with van der Waals surface area (Å²) in [5.74, 6) is -0.944. The van der Waals surface area contributed by atoms with Crippen molar-refractivity contribution in [2.45, 2.75) is 12.8 Å². The van der Waals surface area contributed by atoms with E-state index in [9.17, 15) is 9.59 Å². The van der Waals surface area contributed by atoms with Gasteiger partial charge in [0.25, 0.3) is 0 Å². The smallest absolute Gasteiger partial charge is 0.303 e. The minimum atomic E-state index is -0.835. The summed E-state index contributed by atoms with van der Waals surface area (Å²) in [5, 5.41) is 13.5. The van der Waals surface area contributed by atoms with E-state index in [1.165, 1.54) is 0 Å². The first-order chi connectivity index (χ1) is 5.66. The third kappa shape index (κ3) is 7.01. The van der Waals surface area contributed by atoms with Crippen LogP contribution in [0.2, 0.25) is 0 Å². The predicted molar refractivity (Wildman–Crippen MR) is 43.8 cm³/mol. The zero-order valence-electron chi connectivity index (χ0n) is 7.09. The molecule has 0 saturated heterocycles. The lowest BCUT2D eigenvalue weighted by Gasteiger charge is -2.02. The molecule has 0 aliphatic carbocycles. The molecule has 0 fully saturated rings. The Bertz CT molecular complexity index is 159. The summed E-state index contributed by atoms with van der Waals surface area (Å²) in [6, 6.07) is 0. The minimum absolute atomic E-state index is 0.0971. The standard InChI is InChI=1S/C7H14N2O3/c1-8-5-6(10)9-4-2-3-7(11)12/h8H,2-5H2,1H3,(H,9,10)(H,11,12). The fourth-order valence-corrected chi connectivity index (χ4v) is 0.690. The first kappa shape index (κ1) is 10.9. The summed E-state index contributed by atoms with van der Waals surface area (Å²) < 4.78 is 0. The van der Waals surface area contributed by atoms with E-state index in [1.54, 1.807) is 7.05 Å². The van der Waals surface area contributed by atoms with E-state index in [0.717, 1.165) is 0 Å². The third-order valence-electron chi connectivity index (χ3n) is 1.23. The molecule has 0 unspecified atom stereocenters. The quantitative estimate of drug-likeness (QED) is 0.460. The van der Waals surface area contributed by atoms with Crippen LogP contribution in [0.3, 0.4) is 0 Å². The van der Waals surface area contributed by atoms with Crippen LogP contribution in [-0.2, 0) is 9.59 Å². The van der Waals surface area contributed by atoms with Gasteiger partial charge in [-0.25, -0.2) is 0 Å². The summed E-state index contributed by atoms with van der Waals surface area (Å²) in [5.41, 5.74) is 0. The fraction of sp³-hybridized carbons (Fsp3) is 0.714. The molecule has 0 aromatic heterocycles. The molecule has 3 N–H and O–H groups in total. The van der Waals surface area contributed by atoms with Crippen LogP contribution in [0.1, 0.15) is 12.8 Å². The summed E-state index contributed by atoms with van der Waals surface area (Å²) in [4.78, 5) is 20.8. The topological polar surface area (TPSA) is 78.4 Å². The number of amides is 1. The molecule has 0 bridgehead atoms. The molecular weight excluding hydrogens is 160 g/mol. The van der Waals surface area contributed by atoms with E-state index in [4.69, 9.17) is 5.11 Å². The summed E-state index contributed by atoms with van der Waals surface area (Å²) in [7, 11) is 1.68. The second-order valence-electron chi connectivity index (χ2n) is 2.38. The first-order valence-corrected chi connectivity index (χ1v) is 3.80. The number of aliphatic carboxylic acids is 1. The van der Waals surface area contributed by atoms with Crippen LogP contribution in [0.15, 0.2) is 0 Å². The molecule has 70 valence electrons. The van der Waals surface area contributed by atoms with Crippen molar-refractivity contribution in [3.05, 3.63) is 0 Å². The summed E-state index contributed by atoms with van der Waals surface area (Å²) >= 11 is 0. The average molecular weight is 174 g/mol. The molecule has 1 amide bonds. The number of hydrogen-bond acceptors (Lipinski definition) is 3. The maximum atomic E-state index is 10.8. The van der Waals surface area contributed by atoms with Crippen LogP contribution in [0.25, 0.3) is 0 Å². The highest BCUT2D eigenvalue weighted by Gasteiger charge is 1.99. The van der Waals surface area contributed by atoms with Gasteiger partial charge in [0, 0.05) is 13.0 Å². The van der Waals surface area contributed by atoms with Crippen LogP contribution < -0.4 is 10.6 Å². The summed E-state index contributed by atoms with van der Waals surface area (Å²) in [6.45, 7) is 0.694. The van der Waals surface area contributed by atoms with Gasteiger partial charge in [-0.3, -0.25) is 9.59 Å². The van der Waals surface area contributed by atoms with Crippen molar-refractivity contribution in [2.75, 3.05) is 20.1 Å². The minimum Gasteiger partial charge on any atom is -0.481 e. The van der Waals surface area contributed by atoms with E-state index < -0.39 is 5.97 Å². The SMILES string of the molecule is CNCC(=O)NCCCC(=O)O. The normalized spacial score (nSPS) is 9.42. The van der Waals surface area contributed by atoms with E-state index in [2.05, 4.69) is 10.6 Å². The molecule has 0 atom stereocenters. The van der Waals surface area contributed by atoms with Crippen LogP contribution in [0.5, 0.6) is 0 Å². The molecule has 5 nitrogen and oxygen atoms in total. The van der Waals surface area contributed by atoms with Crippen molar-refractivity contribution in [1.29, 1.82) is 0 Å². The van der Waals surface area contributed by atoms with Gasteiger partial charge in [0.05, 0.1) is 6.54 Å². The number of carbonyl (C=O) groups is 2. The Labute approximate surface area is 71.1 Å². The molecule has 0 aliphatic heterocycles. The maximum absolute atomic E-state index is 10.8. The van der Waals surface area contributed by atoms with Gasteiger partial charge in [-0.2, -0.15) is 0 Å². The van der Waals surface area contributed by atoms with Crippen molar-refractivity contribution < 1.29 is 14.7 Å². The zero-order valence-corrected chi connectivity index (χ0v) is 7.09. The Morgan fingerprint density at radius 2 is 2.08 bits per heavy atom. The van der Waals surface area contributed by atoms with E-state index in [-0.39, 0.29) is 18.9 Å². The van der Waals surface area contributed by atoms with Gasteiger partial charge < -0.3 is 15.7 Å². The number of likely N-dealkylation sites (N-methyl/N-ethyl adjacent to an activating group) is 1. The number of carboxylic acid groups (broad SMARTS) is 1. The Hall–Kier alpha value is -1.10. The molecule has 0 aromatic carbocycles. The molecule has 0 aromatic rings. The Balaban J connectivity index is 3.19. The highest BCUT2D eigenvalue weighted by Crippen LogP contribution is 1.85. The van der Waals surface area contributed by atoms with Crippen LogP contribution in [0.4, 0.5) is 0 Å². The van der Waals surface area contributed by atoms with E-state index in [0.29, 0.717) is 13.0 Å². The van der Waals surface area contributed by atoms with Gasteiger partial charge in [0.2, 0.25) is 5.91 Å². The highest BCUT2D eigenvalue weighted by atomic mass is 16.4. The Morgan fingerprint density at radius 3 is 2.58 bits per heavy atom. The van der Waals surface area contributed by atoms with Gasteiger partial charge in [0.1, 0.15) is 0 Å². The molecule has 0 radical (unpaired) electrons. The molecule has 5 heteroatoms. The Kier molecular flexibility index (Phi) is 6.00. The molecule has 0 saturated carbocycles. The molecule has 0 heterocycles. The molecule has 12 heavy (non-hydrogen) atoms. The van der Waals surface area contributed by atoms with Crippen molar-refractivity contribution in [1.82, 2.24) is 10.6 Å². The van der Waals surface area contributed by atoms with Crippen molar-refractivity contribution in [3.8, 4) is 0 Å². The van der Waals surface area contributed by atoms with Gasteiger partial charge in [-0.15, -0.1) is 0 Å². The largest absolute Gasteiger partial charge is 0.481 e. The monoisotopic (exact) mass is 174 g/mol. The molecule has 0 aliphatic rings. The van der Waals surface area contributed by atoms with Crippen molar-refractivity contribution >= 4 is 11.9 Å². The number of nitrogens with one attached hydrogen (secondary N) is 2. The average Bonchev–Trinajstić information content (AvgIpc) is 1.98. The second-order valence-corrected chi connectivity index (χ2v) is 2.38. The summed E-state index contributed by atoms with van der Waals surface area (Å²) in [6.07, 6.45) is 0.574. The van der Waals surface area contributed by atoms with Gasteiger partial charge in [-0.1, -0.05) is 0 Å². The lowest BCUT2D eigenvalue weighted by Crippen LogP contribution is -2.32. The second kappa shape index (κ2) is 6.60. The molecule has 0 spiro atoms. The van der Waals surface area contributed by atoms with Gasteiger partial charge in [0.15, 0.2) is 0 Å². The van der Waals surface area contributed by atoms with Gasteiger partial charge >= 0.3 is 5.97 Å². The predicted octanol–water partition coefficient (Wildman–Crippen LogP) is -0.813. The van der Waals surface area contributed by atoms with Gasteiger partial charge in [-0.05, 0) is 13.5 Å². The number of hydrogen-bond donors (Lipinski definition) is 3. The van der Waals surface area contributed by atoms with Crippen molar-refractivity contribution in [2.24, 2.45) is 0 Å². The third-order valence-corrected chi connectivity index (χ3v) is 1.23. The molecule has 0 rings (SSSR count). The maximum Gasteiger partial charge on any atom is 0.303 e. The first-order valence-electron chi connectivity index (χ1n) is 3.80. The number of carbonyl (C=O) groups excluding carboxylic acids is 1. The van der Waals surface area contributed by atoms with Crippen LogP contribution in [0, 0.1) is 0 Å². The van der Waals surface area contributed by atoms with Crippen LogP contribution in [-0.4, -0.2) is 37.1 Å². The fourth-order valence-electron chi connectivity index (χ4n) is 0.690.